The first-order chi connectivity index (χ1) is 5.81. The largest absolute Gasteiger partial charge is 0.250 e. The molecule has 0 saturated heterocycles. The molecule has 1 rings (SSSR count). The van der Waals surface area contributed by atoms with Crippen LogP contribution in [-0.2, 0) is 5.54 Å². The van der Waals surface area contributed by atoms with E-state index in [4.69, 9.17) is 0 Å². The second kappa shape index (κ2) is 3.17. The summed E-state index contributed by atoms with van der Waals surface area (Å²) in [6.07, 6.45) is 7.24. The maximum atomic E-state index is 3.08. The highest BCUT2D eigenvalue weighted by molar-refractivity contribution is 4.73. The molecule has 1 aromatic rings. The molecule has 0 atom stereocenters. The molecular weight excluding hydrogens is 160 g/mol. The summed E-state index contributed by atoms with van der Waals surface area (Å²) in [5.74, 6) is 0. The molecule has 1 N–H and O–H groups in total. The molecule has 2 heteroatoms. The molecule has 0 fully saturated rings. The van der Waals surface area contributed by atoms with Gasteiger partial charge >= 0.3 is 0 Å². The number of nitrogens with zero attached hydrogens (tertiary/aromatic N) is 1. The highest BCUT2D eigenvalue weighted by Gasteiger charge is 2.30. The van der Waals surface area contributed by atoms with E-state index in [1.165, 1.54) is 6.42 Å². The van der Waals surface area contributed by atoms with Gasteiger partial charge in [-0.1, -0.05) is 20.8 Å². The van der Waals surface area contributed by atoms with Gasteiger partial charge in [0.1, 0.15) is 17.9 Å². The third kappa shape index (κ3) is 2.87. The molecular formula is C11H21N2+. The first-order valence-corrected chi connectivity index (χ1v) is 4.86. The first-order valence-electron chi connectivity index (χ1n) is 4.86. The van der Waals surface area contributed by atoms with Crippen LogP contribution in [0.3, 0.4) is 0 Å². The van der Waals surface area contributed by atoms with Gasteiger partial charge in [-0.15, -0.1) is 0 Å². The standard InChI is InChI=1S/C11H20N2/c1-10(2,3)8-11(4,5)13-7-6-12-9-13/h6-7,9H,8H2,1-5H3/p+1. The Morgan fingerprint density at radius 3 is 2.15 bits per heavy atom. The summed E-state index contributed by atoms with van der Waals surface area (Å²) in [7, 11) is 0. The van der Waals surface area contributed by atoms with Crippen LogP contribution >= 0.6 is 0 Å². The second-order valence-electron chi connectivity index (χ2n) is 5.57. The zero-order chi connectivity index (χ0) is 10.1. The fourth-order valence-corrected chi connectivity index (χ4v) is 2.06. The number of aromatic nitrogens is 2. The highest BCUT2D eigenvalue weighted by atomic mass is 15.1. The van der Waals surface area contributed by atoms with Crippen LogP contribution in [0.2, 0.25) is 0 Å². The molecule has 0 aromatic carbocycles. The van der Waals surface area contributed by atoms with Crippen molar-refractivity contribution in [3.63, 3.8) is 0 Å². The van der Waals surface area contributed by atoms with Crippen LogP contribution in [0.25, 0.3) is 0 Å². The minimum atomic E-state index is 0.193. The number of H-pyrrole nitrogens is 1. The van der Waals surface area contributed by atoms with Crippen LogP contribution in [0.4, 0.5) is 0 Å². The van der Waals surface area contributed by atoms with E-state index in [9.17, 15) is 0 Å². The summed E-state index contributed by atoms with van der Waals surface area (Å²) < 4.78 is 2.23. The molecule has 0 spiro atoms. The molecule has 2 nitrogen and oxygen atoms in total. The van der Waals surface area contributed by atoms with E-state index in [2.05, 4.69) is 50.4 Å². The Bertz CT molecular complexity index is 252. The van der Waals surface area contributed by atoms with Gasteiger partial charge in [0.15, 0.2) is 0 Å². The van der Waals surface area contributed by atoms with Crippen LogP contribution in [0.1, 0.15) is 41.0 Å². The summed E-state index contributed by atoms with van der Waals surface area (Å²) in [5, 5.41) is 0. The van der Waals surface area contributed by atoms with Crippen molar-refractivity contribution in [2.45, 2.75) is 46.6 Å². The van der Waals surface area contributed by atoms with E-state index in [0.29, 0.717) is 5.41 Å². The Kier molecular flexibility index (Phi) is 2.51. The van der Waals surface area contributed by atoms with Crippen molar-refractivity contribution in [1.29, 1.82) is 0 Å². The minimum Gasteiger partial charge on any atom is -0.250 e. The summed E-state index contributed by atoms with van der Waals surface area (Å²) in [6.45, 7) is 11.4. The van der Waals surface area contributed by atoms with Crippen LogP contribution < -0.4 is 4.57 Å². The summed E-state index contributed by atoms with van der Waals surface area (Å²) in [6, 6.07) is 0. The van der Waals surface area contributed by atoms with Crippen molar-refractivity contribution in [3.8, 4) is 0 Å². The Labute approximate surface area is 81.0 Å². The lowest BCUT2D eigenvalue weighted by Gasteiger charge is -2.29. The van der Waals surface area contributed by atoms with Crippen LogP contribution in [-0.4, -0.2) is 4.98 Å². The van der Waals surface area contributed by atoms with Gasteiger partial charge in [0, 0.05) is 0 Å². The minimum absolute atomic E-state index is 0.193. The molecule has 74 valence electrons. The molecule has 0 aliphatic rings. The summed E-state index contributed by atoms with van der Waals surface area (Å²) >= 11 is 0. The highest BCUT2D eigenvalue weighted by Crippen LogP contribution is 2.28. The monoisotopic (exact) mass is 181 g/mol. The van der Waals surface area contributed by atoms with E-state index in [1.807, 2.05) is 12.5 Å². The number of aromatic amines is 1. The number of hydrogen-bond donors (Lipinski definition) is 1. The van der Waals surface area contributed by atoms with E-state index in [-0.39, 0.29) is 5.54 Å². The van der Waals surface area contributed by atoms with Gasteiger partial charge in [-0.3, -0.25) is 4.98 Å². The smallest absolute Gasteiger partial charge is 0.241 e. The molecule has 0 unspecified atom stereocenters. The van der Waals surface area contributed by atoms with Gasteiger partial charge in [-0.05, 0) is 25.7 Å². The Hall–Kier alpha value is -0.790. The maximum absolute atomic E-state index is 3.08. The Morgan fingerprint density at radius 2 is 1.77 bits per heavy atom. The molecule has 0 aliphatic heterocycles. The zero-order valence-electron chi connectivity index (χ0n) is 9.39. The lowest BCUT2D eigenvalue weighted by Crippen LogP contribution is -2.52. The Morgan fingerprint density at radius 1 is 1.15 bits per heavy atom. The lowest BCUT2D eigenvalue weighted by atomic mass is 9.82. The molecule has 0 aliphatic carbocycles. The number of rotatable bonds is 2. The molecule has 0 saturated carbocycles. The van der Waals surface area contributed by atoms with Crippen LogP contribution in [0.15, 0.2) is 18.7 Å². The van der Waals surface area contributed by atoms with Crippen molar-refractivity contribution in [2.24, 2.45) is 5.41 Å². The van der Waals surface area contributed by atoms with Crippen molar-refractivity contribution < 1.29 is 4.57 Å². The third-order valence-corrected chi connectivity index (χ3v) is 2.21. The quantitative estimate of drug-likeness (QED) is 0.676. The lowest BCUT2D eigenvalue weighted by molar-refractivity contribution is -0.759. The van der Waals surface area contributed by atoms with Crippen LogP contribution in [0.5, 0.6) is 0 Å². The van der Waals surface area contributed by atoms with Gasteiger partial charge in [-0.2, -0.15) is 0 Å². The van der Waals surface area contributed by atoms with Crippen molar-refractivity contribution in [1.82, 2.24) is 4.98 Å². The predicted molar refractivity (Wildman–Crippen MR) is 54.4 cm³/mol. The van der Waals surface area contributed by atoms with Crippen molar-refractivity contribution in [2.75, 3.05) is 0 Å². The fraction of sp³-hybridized carbons (Fsp3) is 0.727. The molecule has 1 aromatic heterocycles. The topological polar surface area (TPSA) is 19.7 Å². The van der Waals surface area contributed by atoms with E-state index >= 15 is 0 Å². The van der Waals surface area contributed by atoms with Crippen molar-refractivity contribution in [3.05, 3.63) is 18.7 Å². The average molecular weight is 181 g/mol. The number of imidazole rings is 1. The summed E-state index contributed by atoms with van der Waals surface area (Å²) in [5.41, 5.74) is 0.562. The first kappa shape index (κ1) is 10.3. The average Bonchev–Trinajstić information content (AvgIpc) is 2.29. The van der Waals surface area contributed by atoms with Crippen molar-refractivity contribution >= 4 is 0 Å². The van der Waals surface area contributed by atoms with Gasteiger partial charge in [-0.25, -0.2) is 4.57 Å². The second-order valence-corrected chi connectivity index (χ2v) is 5.57. The van der Waals surface area contributed by atoms with Crippen LogP contribution in [0, 0.1) is 5.41 Å². The SMILES string of the molecule is CC(C)(C)CC(C)(C)[n+]1cc[nH]c1. The molecule has 0 bridgehead atoms. The third-order valence-electron chi connectivity index (χ3n) is 2.21. The predicted octanol–water partition coefficient (Wildman–Crippen LogP) is 2.47. The summed E-state index contributed by atoms with van der Waals surface area (Å²) in [4.78, 5) is 3.08. The fourth-order valence-electron chi connectivity index (χ4n) is 2.06. The molecule has 1 heterocycles. The normalized spacial score (nSPS) is 13.3. The number of nitrogens with one attached hydrogen (secondary N) is 1. The maximum Gasteiger partial charge on any atom is 0.241 e. The molecule has 13 heavy (non-hydrogen) atoms. The van der Waals surface area contributed by atoms with E-state index < -0.39 is 0 Å². The zero-order valence-corrected chi connectivity index (χ0v) is 9.39. The van der Waals surface area contributed by atoms with E-state index in [0.717, 1.165) is 0 Å². The van der Waals surface area contributed by atoms with Gasteiger partial charge in [0.2, 0.25) is 6.33 Å². The molecule has 0 radical (unpaired) electrons. The van der Waals surface area contributed by atoms with Gasteiger partial charge in [0.05, 0.1) is 0 Å². The number of hydrogen-bond acceptors (Lipinski definition) is 0. The molecule has 0 amide bonds. The Balaban J connectivity index is 2.78. The van der Waals surface area contributed by atoms with Gasteiger partial charge in [0.25, 0.3) is 0 Å². The van der Waals surface area contributed by atoms with Gasteiger partial charge < -0.3 is 0 Å². The van der Waals surface area contributed by atoms with E-state index in [1.54, 1.807) is 0 Å².